The van der Waals surface area contributed by atoms with Crippen LogP contribution >= 0.6 is 0 Å². The van der Waals surface area contributed by atoms with Gasteiger partial charge in [-0.15, -0.1) is 0 Å². The van der Waals surface area contributed by atoms with Crippen LogP contribution in [-0.2, 0) is 23.1 Å². The molecule has 0 saturated carbocycles. The fourth-order valence-electron chi connectivity index (χ4n) is 2.84. The highest BCUT2D eigenvalue weighted by Gasteiger charge is 2.23. The number of sulfonamides is 1. The van der Waals surface area contributed by atoms with Crippen molar-refractivity contribution in [2.75, 3.05) is 0 Å². The van der Waals surface area contributed by atoms with Crippen LogP contribution in [0.2, 0.25) is 0 Å². The van der Waals surface area contributed by atoms with Crippen LogP contribution in [0.25, 0.3) is 0 Å². The van der Waals surface area contributed by atoms with Gasteiger partial charge in [-0.05, 0) is 36.1 Å². The van der Waals surface area contributed by atoms with Crippen molar-refractivity contribution in [1.29, 1.82) is 0 Å². The van der Waals surface area contributed by atoms with Crippen molar-refractivity contribution in [2.24, 2.45) is 5.92 Å². The Bertz CT molecular complexity index is 565. The molecule has 20 heavy (non-hydrogen) atoms. The zero-order chi connectivity index (χ0) is 14.8. The van der Waals surface area contributed by atoms with Gasteiger partial charge in [0, 0.05) is 19.1 Å². The Balaban J connectivity index is 2.18. The van der Waals surface area contributed by atoms with Gasteiger partial charge in [0.1, 0.15) is 0 Å². The average molecular weight is 296 g/mol. The Kier molecular flexibility index (Phi) is 4.83. The van der Waals surface area contributed by atoms with Gasteiger partial charge >= 0.3 is 0 Å². The number of nitrogens with one attached hydrogen (secondary N) is 2. The number of rotatable bonds is 6. The molecule has 1 atom stereocenters. The zero-order valence-corrected chi connectivity index (χ0v) is 13.3. The molecule has 1 aliphatic heterocycles. The highest BCUT2D eigenvalue weighted by Crippen LogP contribution is 2.21. The van der Waals surface area contributed by atoms with Gasteiger partial charge in [-0.3, -0.25) is 0 Å². The van der Waals surface area contributed by atoms with Crippen LogP contribution in [0.3, 0.4) is 0 Å². The summed E-state index contributed by atoms with van der Waals surface area (Å²) < 4.78 is 27.7. The van der Waals surface area contributed by atoms with Crippen molar-refractivity contribution in [2.45, 2.75) is 57.6 Å². The summed E-state index contributed by atoms with van der Waals surface area (Å²) in [5.41, 5.74) is 2.28. The van der Waals surface area contributed by atoms with E-state index in [1.165, 1.54) is 5.56 Å². The third-order valence-electron chi connectivity index (χ3n) is 4.22. The van der Waals surface area contributed by atoms with Crippen molar-refractivity contribution in [1.82, 2.24) is 10.0 Å². The molecule has 5 heteroatoms. The molecular weight excluding hydrogens is 272 g/mol. The van der Waals surface area contributed by atoms with Crippen molar-refractivity contribution in [3.8, 4) is 0 Å². The number of benzene rings is 1. The van der Waals surface area contributed by atoms with Crippen LogP contribution < -0.4 is 10.0 Å². The fourth-order valence-corrected chi connectivity index (χ4v) is 4.21. The quantitative estimate of drug-likeness (QED) is 0.847. The molecule has 0 spiro atoms. The van der Waals surface area contributed by atoms with Crippen LogP contribution in [0.15, 0.2) is 23.1 Å². The molecule has 0 aromatic heterocycles. The summed E-state index contributed by atoms with van der Waals surface area (Å²) >= 11 is 0. The second-order valence-corrected chi connectivity index (χ2v) is 7.23. The highest BCUT2D eigenvalue weighted by molar-refractivity contribution is 7.89. The molecule has 1 heterocycles. The van der Waals surface area contributed by atoms with Gasteiger partial charge < -0.3 is 5.32 Å². The monoisotopic (exact) mass is 296 g/mol. The number of hydrogen-bond acceptors (Lipinski definition) is 3. The molecule has 2 rings (SSSR count). The first kappa shape index (κ1) is 15.5. The van der Waals surface area contributed by atoms with E-state index in [2.05, 4.69) is 23.9 Å². The smallest absolute Gasteiger partial charge is 0.240 e. The minimum Gasteiger partial charge on any atom is -0.309 e. The predicted molar refractivity (Wildman–Crippen MR) is 80.8 cm³/mol. The molecule has 0 bridgehead atoms. The lowest BCUT2D eigenvalue weighted by molar-refractivity contribution is 0.390. The first-order valence-electron chi connectivity index (χ1n) is 7.32. The van der Waals surface area contributed by atoms with Crippen LogP contribution in [-0.4, -0.2) is 14.5 Å². The van der Waals surface area contributed by atoms with Crippen LogP contribution in [0, 0.1) is 5.92 Å². The maximum atomic E-state index is 12.4. The van der Waals surface area contributed by atoms with Gasteiger partial charge in [0.15, 0.2) is 0 Å². The number of hydrogen-bond donors (Lipinski definition) is 2. The molecule has 4 nitrogen and oxygen atoms in total. The van der Waals surface area contributed by atoms with E-state index < -0.39 is 10.0 Å². The first-order valence-corrected chi connectivity index (χ1v) is 8.81. The predicted octanol–water partition coefficient (Wildman–Crippen LogP) is 2.39. The van der Waals surface area contributed by atoms with Crippen molar-refractivity contribution in [3.05, 3.63) is 29.3 Å². The molecule has 2 N–H and O–H groups in total. The van der Waals surface area contributed by atoms with Gasteiger partial charge in [0.2, 0.25) is 10.0 Å². The van der Waals surface area contributed by atoms with Crippen LogP contribution in [0.4, 0.5) is 0 Å². The van der Waals surface area contributed by atoms with E-state index >= 15 is 0 Å². The Morgan fingerprint density at radius 1 is 1.20 bits per heavy atom. The minimum atomic E-state index is -3.42. The summed E-state index contributed by atoms with van der Waals surface area (Å²) in [6.45, 7) is 7.72. The topological polar surface area (TPSA) is 58.2 Å². The molecule has 1 aromatic carbocycles. The largest absolute Gasteiger partial charge is 0.309 e. The minimum absolute atomic E-state index is 0.0404. The van der Waals surface area contributed by atoms with Crippen LogP contribution in [0.5, 0.6) is 0 Å². The van der Waals surface area contributed by atoms with E-state index in [4.69, 9.17) is 0 Å². The van der Waals surface area contributed by atoms with Gasteiger partial charge in [-0.25, -0.2) is 13.1 Å². The second-order valence-electron chi connectivity index (χ2n) is 5.52. The third-order valence-corrected chi connectivity index (χ3v) is 5.77. The van der Waals surface area contributed by atoms with E-state index in [0.717, 1.165) is 31.5 Å². The van der Waals surface area contributed by atoms with E-state index in [1.54, 1.807) is 12.1 Å². The maximum Gasteiger partial charge on any atom is 0.240 e. The Labute approximate surface area is 122 Å². The van der Waals surface area contributed by atoms with E-state index in [0.29, 0.717) is 10.8 Å². The summed E-state index contributed by atoms with van der Waals surface area (Å²) in [5, 5.41) is 3.23. The molecule has 0 fully saturated rings. The summed E-state index contributed by atoms with van der Waals surface area (Å²) in [4.78, 5) is 0.373. The Morgan fingerprint density at radius 2 is 1.85 bits per heavy atom. The fraction of sp³-hybridized carbons (Fsp3) is 0.600. The summed E-state index contributed by atoms with van der Waals surface area (Å²) in [6.07, 6.45) is 1.96. The van der Waals surface area contributed by atoms with Gasteiger partial charge in [0.25, 0.3) is 0 Å². The van der Waals surface area contributed by atoms with E-state index in [9.17, 15) is 8.42 Å². The molecule has 0 radical (unpaired) electrons. The molecular formula is C15H24N2O2S. The van der Waals surface area contributed by atoms with Gasteiger partial charge in [-0.2, -0.15) is 0 Å². The standard InChI is InChI=1S/C15H24N2O2S/c1-4-12(5-2)11(3)17-20(18,19)15-7-6-13-9-16-10-14(13)8-15/h6-8,11-12,16-17H,4-5,9-10H2,1-3H3. The molecule has 1 unspecified atom stereocenters. The van der Waals surface area contributed by atoms with Crippen molar-refractivity contribution in [3.63, 3.8) is 0 Å². The van der Waals surface area contributed by atoms with Crippen molar-refractivity contribution < 1.29 is 8.42 Å². The SMILES string of the molecule is CCC(CC)C(C)NS(=O)(=O)c1ccc2c(c1)CNC2. The molecule has 0 amide bonds. The van der Waals surface area contributed by atoms with Gasteiger partial charge in [0.05, 0.1) is 4.90 Å². The van der Waals surface area contributed by atoms with E-state index in [1.807, 2.05) is 13.0 Å². The summed E-state index contributed by atoms with van der Waals surface area (Å²) in [6, 6.07) is 5.36. The summed E-state index contributed by atoms with van der Waals surface area (Å²) in [7, 11) is -3.42. The lowest BCUT2D eigenvalue weighted by Crippen LogP contribution is -2.37. The average Bonchev–Trinajstić information content (AvgIpc) is 2.86. The molecule has 0 aliphatic carbocycles. The molecule has 112 valence electrons. The Hall–Kier alpha value is -0.910. The summed E-state index contributed by atoms with van der Waals surface area (Å²) in [5.74, 6) is 0.376. The number of fused-ring (bicyclic) bond motifs is 1. The highest BCUT2D eigenvalue weighted by atomic mass is 32.2. The van der Waals surface area contributed by atoms with Gasteiger partial charge in [-0.1, -0.05) is 32.8 Å². The van der Waals surface area contributed by atoms with Crippen molar-refractivity contribution >= 4 is 10.0 Å². The second kappa shape index (κ2) is 6.24. The Morgan fingerprint density at radius 3 is 2.50 bits per heavy atom. The first-order chi connectivity index (χ1) is 9.47. The lowest BCUT2D eigenvalue weighted by atomic mass is 9.96. The normalized spacial score (nSPS) is 16.4. The van der Waals surface area contributed by atoms with Crippen LogP contribution in [0.1, 0.15) is 44.7 Å². The zero-order valence-electron chi connectivity index (χ0n) is 12.4. The lowest BCUT2D eigenvalue weighted by Gasteiger charge is -2.22. The third kappa shape index (κ3) is 3.22. The maximum absolute atomic E-state index is 12.4. The molecule has 1 aliphatic rings. The molecule has 1 aromatic rings. The molecule has 0 saturated heterocycles. The van der Waals surface area contributed by atoms with E-state index in [-0.39, 0.29) is 6.04 Å².